The number of anilines is 1. The van der Waals surface area contributed by atoms with Crippen molar-refractivity contribution in [3.05, 3.63) is 57.3 Å². The van der Waals surface area contributed by atoms with E-state index < -0.39 is 11.7 Å². The van der Waals surface area contributed by atoms with Crippen molar-refractivity contribution in [3.63, 3.8) is 0 Å². The predicted molar refractivity (Wildman–Crippen MR) is 81.0 cm³/mol. The van der Waals surface area contributed by atoms with E-state index in [0.29, 0.717) is 16.4 Å². The fourth-order valence-corrected chi connectivity index (χ4v) is 2.83. The first-order chi connectivity index (χ1) is 10.0. The summed E-state index contributed by atoms with van der Waals surface area (Å²) in [6.45, 7) is 2.08. The molecule has 2 heterocycles. The number of aryl methyl sites for hydroxylation is 1. The Morgan fingerprint density at radius 1 is 1.14 bits per heavy atom. The predicted octanol–water partition coefficient (Wildman–Crippen LogP) is 3.43. The zero-order valence-corrected chi connectivity index (χ0v) is 12.6. The number of carbonyl (C=O) groups excluding carboxylic acids is 2. The lowest BCUT2D eigenvalue weighted by Gasteiger charge is -2.18. The van der Waals surface area contributed by atoms with Crippen molar-refractivity contribution in [2.24, 2.45) is 0 Å². The first-order valence-corrected chi connectivity index (χ1v) is 7.01. The Bertz CT molecular complexity index is 774. The maximum atomic E-state index is 12.2. The Morgan fingerprint density at radius 3 is 2.57 bits per heavy atom. The molecular weight excluding hydrogens is 311 g/mol. The standard InChI is InChI=1S/C15H10Cl2N2O2/c1-8-3-2-6-18-11(8)7-19-13-10(17)5-4-9(16)12(13)14(20)15(19)21/h2-6H,7H2,1H3. The number of Topliss-reactive ketones (excluding diaryl/α,β-unsaturated/α-hetero) is 1. The van der Waals surface area contributed by atoms with Gasteiger partial charge in [0.25, 0.3) is 11.7 Å². The van der Waals surface area contributed by atoms with Crippen molar-refractivity contribution in [1.82, 2.24) is 4.98 Å². The van der Waals surface area contributed by atoms with Gasteiger partial charge in [0.2, 0.25) is 0 Å². The van der Waals surface area contributed by atoms with Gasteiger partial charge in [0.05, 0.1) is 33.5 Å². The minimum Gasteiger partial charge on any atom is -0.297 e. The number of benzene rings is 1. The van der Waals surface area contributed by atoms with E-state index in [9.17, 15) is 9.59 Å². The quantitative estimate of drug-likeness (QED) is 0.796. The van der Waals surface area contributed by atoms with Gasteiger partial charge in [-0.05, 0) is 30.7 Å². The minimum atomic E-state index is -0.634. The molecule has 2 aromatic rings. The highest BCUT2D eigenvalue weighted by molar-refractivity contribution is 6.56. The molecule has 0 bridgehead atoms. The molecule has 0 fully saturated rings. The highest BCUT2D eigenvalue weighted by Gasteiger charge is 2.39. The van der Waals surface area contributed by atoms with Gasteiger partial charge < -0.3 is 0 Å². The third-order valence-corrected chi connectivity index (χ3v) is 4.06. The molecule has 0 atom stereocenters. The van der Waals surface area contributed by atoms with Crippen molar-refractivity contribution in [1.29, 1.82) is 0 Å². The van der Waals surface area contributed by atoms with Gasteiger partial charge in [-0.3, -0.25) is 19.5 Å². The molecule has 4 nitrogen and oxygen atoms in total. The van der Waals surface area contributed by atoms with Crippen LogP contribution >= 0.6 is 23.2 Å². The molecule has 0 saturated heterocycles. The van der Waals surface area contributed by atoms with Crippen LogP contribution in [0.5, 0.6) is 0 Å². The Balaban J connectivity index is 2.10. The maximum absolute atomic E-state index is 12.2. The zero-order chi connectivity index (χ0) is 15.1. The van der Waals surface area contributed by atoms with E-state index in [1.807, 2.05) is 19.1 Å². The third-order valence-electron chi connectivity index (χ3n) is 3.44. The molecule has 0 unspecified atom stereocenters. The fourth-order valence-electron chi connectivity index (χ4n) is 2.34. The second-order valence-corrected chi connectivity index (χ2v) is 5.55. The molecule has 0 aliphatic carbocycles. The summed E-state index contributed by atoms with van der Waals surface area (Å²) in [5, 5.41) is 0.551. The van der Waals surface area contributed by atoms with Crippen molar-refractivity contribution in [2.75, 3.05) is 4.90 Å². The molecule has 106 valence electrons. The number of pyridine rings is 1. The number of aromatic nitrogens is 1. The molecule has 6 heteroatoms. The Morgan fingerprint density at radius 2 is 1.86 bits per heavy atom. The molecule has 1 amide bonds. The first-order valence-electron chi connectivity index (χ1n) is 6.25. The number of fused-ring (bicyclic) bond motifs is 1. The second kappa shape index (κ2) is 5.13. The molecule has 1 aliphatic rings. The number of hydrogen-bond acceptors (Lipinski definition) is 3. The number of rotatable bonds is 2. The molecule has 1 aliphatic heterocycles. The van der Waals surface area contributed by atoms with Crippen LogP contribution in [0.3, 0.4) is 0 Å². The second-order valence-electron chi connectivity index (χ2n) is 4.74. The fraction of sp³-hybridized carbons (Fsp3) is 0.133. The van der Waals surface area contributed by atoms with E-state index in [2.05, 4.69) is 4.98 Å². The summed E-state index contributed by atoms with van der Waals surface area (Å²) in [4.78, 5) is 29.9. The van der Waals surface area contributed by atoms with Gasteiger partial charge in [0.15, 0.2) is 0 Å². The number of nitrogens with zero attached hydrogens (tertiary/aromatic N) is 2. The summed E-state index contributed by atoms with van der Waals surface area (Å²) in [6.07, 6.45) is 1.64. The number of carbonyl (C=O) groups is 2. The van der Waals surface area contributed by atoms with Gasteiger partial charge in [-0.25, -0.2) is 0 Å². The van der Waals surface area contributed by atoms with Crippen molar-refractivity contribution < 1.29 is 9.59 Å². The molecule has 0 spiro atoms. The largest absolute Gasteiger partial charge is 0.299 e. The molecule has 0 radical (unpaired) electrons. The van der Waals surface area contributed by atoms with Crippen LogP contribution in [0.2, 0.25) is 10.0 Å². The smallest absolute Gasteiger partial charge is 0.297 e. The summed E-state index contributed by atoms with van der Waals surface area (Å²) in [6, 6.07) is 6.80. The van der Waals surface area contributed by atoms with Gasteiger partial charge in [-0.1, -0.05) is 29.3 Å². The number of hydrogen-bond donors (Lipinski definition) is 0. The summed E-state index contributed by atoms with van der Waals surface area (Å²) in [5.41, 5.74) is 2.18. The normalized spacial score (nSPS) is 13.8. The lowest BCUT2D eigenvalue weighted by atomic mass is 10.1. The highest BCUT2D eigenvalue weighted by atomic mass is 35.5. The Hall–Kier alpha value is -1.91. The lowest BCUT2D eigenvalue weighted by molar-refractivity contribution is -0.114. The Kier molecular flexibility index (Phi) is 3.43. The van der Waals surface area contributed by atoms with Crippen molar-refractivity contribution in [2.45, 2.75) is 13.5 Å². The summed E-state index contributed by atoms with van der Waals surface area (Å²) < 4.78 is 0. The Labute approximate surface area is 131 Å². The van der Waals surface area contributed by atoms with E-state index in [-0.39, 0.29) is 17.1 Å². The van der Waals surface area contributed by atoms with Crippen LogP contribution < -0.4 is 4.90 Å². The van der Waals surface area contributed by atoms with E-state index in [1.165, 1.54) is 11.0 Å². The van der Waals surface area contributed by atoms with E-state index in [0.717, 1.165) is 5.56 Å². The summed E-state index contributed by atoms with van der Waals surface area (Å²) in [7, 11) is 0. The first kappa shape index (κ1) is 14.0. The van der Waals surface area contributed by atoms with Crippen LogP contribution in [0.25, 0.3) is 0 Å². The molecule has 1 aromatic heterocycles. The van der Waals surface area contributed by atoms with Gasteiger partial charge in [0, 0.05) is 6.20 Å². The van der Waals surface area contributed by atoms with Crippen LogP contribution in [0.1, 0.15) is 21.6 Å². The van der Waals surface area contributed by atoms with Crippen LogP contribution in [0, 0.1) is 6.92 Å². The highest BCUT2D eigenvalue weighted by Crippen LogP contribution is 2.40. The average molecular weight is 321 g/mol. The van der Waals surface area contributed by atoms with Gasteiger partial charge in [-0.15, -0.1) is 0 Å². The molecule has 21 heavy (non-hydrogen) atoms. The van der Waals surface area contributed by atoms with E-state index in [1.54, 1.807) is 12.3 Å². The SMILES string of the molecule is Cc1cccnc1CN1C(=O)C(=O)c2c(Cl)ccc(Cl)c21. The lowest BCUT2D eigenvalue weighted by Crippen LogP contribution is -2.30. The van der Waals surface area contributed by atoms with Crippen LogP contribution in [0.4, 0.5) is 5.69 Å². The van der Waals surface area contributed by atoms with Gasteiger partial charge >= 0.3 is 0 Å². The molecule has 0 saturated carbocycles. The number of ketones is 1. The van der Waals surface area contributed by atoms with Crippen LogP contribution in [-0.2, 0) is 11.3 Å². The van der Waals surface area contributed by atoms with Crippen molar-refractivity contribution >= 4 is 40.6 Å². The maximum Gasteiger partial charge on any atom is 0.299 e. The summed E-state index contributed by atoms with van der Waals surface area (Å²) in [5.74, 6) is -1.27. The summed E-state index contributed by atoms with van der Waals surface area (Å²) >= 11 is 12.2. The average Bonchev–Trinajstić information content (AvgIpc) is 2.71. The minimum absolute atomic E-state index is 0.169. The monoisotopic (exact) mass is 320 g/mol. The molecule has 0 N–H and O–H groups in total. The van der Waals surface area contributed by atoms with E-state index in [4.69, 9.17) is 23.2 Å². The number of halogens is 2. The molecule has 3 rings (SSSR count). The van der Waals surface area contributed by atoms with Crippen LogP contribution in [-0.4, -0.2) is 16.7 Å². The molecular formula is C15H10Cl2N2O2. The topological polar surface area (TPSA) is 50.3 Å². The number of amides is 1. The van der Waals surface area contributed by atoms with Crippen molar-refractivity contribution in [3.8, 4) is 0 Å². The van der Waals surface area contributed by atoms with Gasteiger partial charge in [-0.2, -0.15) is 0 Å². The van der Waals surface area contributed by atoms with Crippen LogP contribution in [0.15, 0.2) is 30.5 Å². The molecule has 1 aromatic carbocycles. The van der Waals surface area contributed by atoms with E-state index >= 15 is 0 Å². The van der Waals surface area contributed by atoms with Gasteiger partial charge in [0.1, 0.15) is 0 Å². The third kappa shape index (κ3) is 2.20. The zero-order valence-electron chi connectivity index (χ0n) is 11.1.